The minimum atomic E-state index is -0.348. The first kappa shape index (κ1) is 21.1. The van der Waals surface area contributed by atoms with Crippen LogP contribution in [0.5, 0.6) is 0 Å². The van der Waals surface area contributed by atoms with Gasteiger partial charge in [-0.1, -0.05) is 26.0 Å². The van der Waals surface area contributed by atoms with E-state index < -0.39 is 0 Å². The minimum absolute atomic E-state index is 0.0180. The number of benzene rings is 1. The van der Waals surface area contributed by atoms with E-state index in [9.17, 15) is 9.18 Å². The van der Waals surface area contributed by atoms with Gasteiger partial charge in [0.2, 0.25) is 0 Å². The summed E-state index contributed by atoms with van der Waals surface area (Å²) in [6, 6.07) is 8.16. The second-order valence-electron chi connectivity index (χ2n) is 8.18. The summed E-state index contributed by atoms with van der Waals surface area (Å²) in [6.45, 7) is 7.28. The molecule has 0 unspecified atom stereocenters. The minimum Gasteiger partial charge on any atom is -0.337 e. The average molecular weight is 423 g/mol. The van der Waals surface area contributed by atoms with Crippen molar-refractivity contribution in [2.45, 2.75) is 26.2 Å². The lowest BCUT2D eigenvalue weighted by Gasteiger charge is -2.21. The molecular formula is C23H27FN6O. The zero-order chi connectivity index (χ0) is 22.0. The molecule has 3 aromatic rings. The third kappa shape index (κ3) is 4.34. The molecule has 7 nitrogen and oxygen atoms in total. The number of hydrogen-bond acceptors (Lipinski definition) is 5. The zero-order valence-electron chi connectivity index (χ0n) is 18.1. The molecule has 8 heteroatoms. The van der Waals surface area contributed by atoms with Gasteiger partial charge in [-0.25, -0.2) is 19.0 Å². The molecule has 0 bridgehead atoms. The Labute approximate surface area is 181 Å². The number of carbonyl (C=O) groups is 1. The Kier molecular flexibility index (Phi) is 6.08. The molecule has 4 rings (SSSR count). The van der Waals surface area contributed by atoms with E-state index in [0.717, 1.165) is 31.7 Å². The summed E-state index contributed by atoms with van der Waals surface area (Å²) in [5, 5.41) is 4.46. The molecule has 2 aromatic heterocycles. The van der Waals surface area contributed by atoms with Gasteiger partial charge in [0.15, 0.2) is 0 Å². The number of amides is 1. The number of rotatable bonds is 4. The van der Waals surface area contributed by atoms with Gasteiger partial charge in [-0.3, -0.25) is 4.79 Å². The molecule has 1 aliphatic heterocycles. The van der Waals surface area contributed by atoms with Crippen molar-refractivity contribution in [3.63, 3.8) is 0 Å². The van der Waals surface area contributed by atoms with Gasteiger partial charge in [0, 0.05) is 31.4 Å². The highest BCUT2D eigenvalue weighted by Crippen LogP contribution is 2.25. The molecule has 1 amide bonds. The molecule has 1 fully saturated rings. The number of aromatic nitrogens is 4. The van der Waals surface area contributed by atoms with Crippen molar-refractivity contribution in [2.24, 2.45) is 0 Å². The topological polar surface area (TPSA) is 67.2 Å². The van der Waals surface area contributed by atoms with Gasteiger partial charge in [0.05, 0.1) is 23.1 Å². The highest BCUT2D eigenvalue weighted by molar-refractivity contribution is 5.95. The monoisotopic (exact) mass is 422 g/mol. The van der Waals surface area contributed by atoms with Gasteiger partial charge >= 0.3 is 0 Å². The third-order valence-electron chi connectivity index (χ3n) is 5.57. The Hall–Kier alpha value is -3.13. The fourth-order valence-corrected chi connectivity index (χ4v) is 3.93. The lowest BCUT2D eigenvalue weighted by atomic mass is 10.0. The maximum absolute atomic E-state index is 14.3. The molecule has 0 spiro atoms. The van der Waals surface area contributed by atoms with Gasteiger partial charge in [0.25, 0.3) is 11.9 Å². The van der Waals surface area contributed by atoms with Crippen LogP contribution in [-0.2, 0) is 0 Å². The number of nitrogens with zero attached hydrogens (tertiary/aromatic N) is 6. The highest BCUT2D eigenvalue weighted by atomic mass is 19.1. The number of carbonyl (C=O) groups excluding carboxylic acids is 1. The van der Waals surface area contributed by atoms with Crippen molar-refractivity contribution >= 4 is 5.91 Å². The van der Waals surface area contributed by atoms with Crippen LogP contribution < -0.4 is 0 Å². The number of likely N-dealkylation sites (N-methyl/N-ethyl adjacent to an activating group) is 1. The van der Waals surface area contributed by atoms with Crippen LogP contribution in [0.2, 0.25) is 0 Å². The van der Waals surface area contributed by atoms with Crippen LogP contribution in [0.25, 0.3) is 17.2 Å². The summed E-state index contributed by atoms with van der Waals surface area (Å²) in [5.74, 6) is -0.0230. The van der Waals surface area contributed by atoms with Crippen molar-refractivity contribution in [3.05, 3.63) is 59.8 Å². The number of halogens is 1. The van der Waals surface area contributed by atoms with Gasteiger partial charge < -0.3 is 9.80 Å². The van der Waals surface area contributed by atoms with Crippen LogP contribution in [-0.4, -0.2) is 68.7 Å². The quantitative estimate of drug-likeness (QED) is 0.645. The van der Waals surface area contributed by atoms with Crippen LogP contribution in [0, 0.1) is 5.82 Å². The van der Waals surface area contributed by atoms with Gasteiger partial charge in [-0.2, -0.15) is 5.10 Å². The first-order valence-electron chi connectivity index (χ1n) is 10.6. The lowest BCUT2D eigenvalue weighted by Crippen LogP contribution is -2.35. The first-order valence-corrected chi connectivity index (χ1v) is 10.6. The van der Waals surface area contributed by atoms with Crippen LogP contribution in [0.1, 0.15) is 42.2 Å². The maximum atomic E-state index is 14.3. The van der Waals surface area contributed by atoms with E-state index >= 15 is 0 Å². The smallest absolute Gasteiger partial charge is 0.257 e. The molecule has 3 heterocycles. The van der Waals surface area contributed by atoms with Crippen LogP contribution in [0.15, 0.2) is 42.7 Å². The van der Waals surface area contributed by atoms with E-state index in [4.69, 9.17) is 0 Å². The van der Waals surface area contributed by atoms with Crippen molar-refractivity contribution in [1.29, 1.82) is 0 Å². The Morgan fingerprint density at radius 1 is 1.10 bits per heavy atom. The second-order valence-corrected chi connectivity index (χ2v) is 8.18. The van der Waals surface area contributed by atoms with Gasteiger partial charge in [-0.15, -0.1) is 0 Å². The fraction of sp³-hybridized carbons (Fsp3) is 0.391. The van der Waals surface area contributed by atoms with E-state index in [1.54, 1.807) is 41.3 Å². The molecular weight excluding hydrogens is 395 g/mol. The van der Waals surface area contributed by atoms with E-state index in [2.05, 4.69) is 27.0 Å². The predicted octanol–water partition coefficient (Wildman–Crippen LogP) is 3.37. The van der Waals surface area contributed by atoms with E-state index in [-0.39, 0.29) is 17.6 Å². The SMILES string of the molecule is CC(C)c1c(C(=O)N2CCCN(C)CC2)cnn1-c1nccc(-c2ccccc2F)n1. The lowest BCUT2D eigenvalue weighted by molar-refractivity contribution is 0.0761. The van der Waals surface area contributed by atoms with Gasteiger partial charge in [0.1, 0.15) is 5.82 Å². The Morgan fingerprint density at radius 3 is 2.68 bits per heavy atom. The van der Waals surface area contributed by atoms with Crippen LogP contribution >= 0.6 is 0 Å². The molecule has 0 atom stereocenters. The summed E-state index contributed by atoms with van der Waals surface area (Å²) in [5.41, 5.74) is 2.19. The van der Waals surface area contributed by atoms with Crippen molar-refractivity contribution < 1.29 is 9.18 Å². The van der Waals surface area contributed by atoms with Crippen LogP contribution in [0.4, 0.5) is 4.39 Å². The molecule has 1 aliphatic rings. The highest BCUT2D eigenvalue weighted by Gasteiger charge is 2.27. The second kappa shape index (κ2) is 8.93. The van der Waals surface area contributed by atoms with Crippen molar-refractivity contribution in [3.8, 4) is 17.2 Å². The summed E-state index contributed by atoms with van der Waals surface area (Å²) < 4.78 is 15.9. The number of hydrogen-bond donors (Lipinski definition) is 0. The molecule has 0 N–H and O–H groups in total. The summed E-state index contributed by atoms with van der Waals surface area (Å²) in [7, 11) is 2.07. The Bertz CT molecular complexity index is 1080. The van der Waals surface area contributed by atoms with Crippen LogP contribution in [0.3, 0.4) is 0 Å². The van der Waals surface area contributed by atoms with E-state index in [0.29, 0.717) is 29.3 Å². The largest absolute Gasteiger partial charge is 0.337 e. The molecule has 0 saturated carbocycles. The molecule has 31 heavy (non-hydrogen) atoms. The standard InChI is InChI=1S/C23H27FN6O/c1-16(2)21-18(22(31)29-12-6-11-28(3)13-14-29)15-26-30(21)23-25-10-9-20(27-23)17-7-4-5-8-19(17)24/h4-5,7-10,15-16H,6,11-14H2,1-3H3. The van der Waals surface area contributed by atoms with Crippen molar-refractivity contribution in [1.82, 2.24) is 29.5 Å². The Balaban J connectivity index is 1.71. The molecule has 0 radical (unpaired) electrons. The van der Waals surface area contributed by atoms with Crippen molar-refractivity contribution in [2.75, 3.05) is 33.2 Å². The zero-order valence-corrected chi connectivity index (χ0v) is 18.1. The molecule has 1 aromatic carbocycles. The first-order chi connectivity index (χ1) is 15.0. The molecule has 0 aliphatic carbocycles. The third-order valence-corrected chi connectivity index (χ3v) is 5.57. The average Bonchev–Trinajstić information content (AvgIpc) is 3.10. The fourth-order valence-electron chi connectivity index (χ4n) is 3.93. The summed E-state index contributed by atoms with van der Waals surface area (Å²) >= 11 is 0. The molecule has 1 saturated heterocycles. The Morgan fingerprint density at radius 2 is 1.90 bits per heavy atom. The summed E-state index contributed by atoms with van der Waals surface area (Å²) in [4.78, 5) is 26.4. The predicted molar refractivity (Wildman–Crippen MR) is 117 cm³/mol. The summed E-state index contributed by atoms with van der Waals surface area (Å²) in [6.07, 6.45) is 4.13. The normalized spacial score (nSPS) is 15.3. The van der Waals surface area contributed by atoms with E-state index in [1.165, 1.54) is 6.07 Å². The molecule has 162 valence electrons. The maximum Gasteiger partial charge on any atom is 0.257 e. The van der Waals surface area contributed by atoms with E-state index in [1.807, 2.05) is 18.7 Å². The van der Waals surface area contributed by atoms with Gasteiger partial charge in [-0.05, 0) is 44.1 Å².